The lowest BCUT2D eigenvalue weighted by molar-refractivity contribution is -0.137. The molecule has 0 spiro atoms. The Balaban J connectivity index is 2.30. The zero-order valence-electron chi connectivity index (χ0n) is 13.0. The van der Waals surface area contributed by atoms with Crippen LogP contribution in [0.5, 0.6) is 5.75 Å². The number of nitrogens with one attached hydrogen (secondary N) is 1. The number of hydrogen-bond acceptors (Lipinski definition) is 6. The molecular weight excluding hydrogens is 395 g/mol. The Labute approximate surface area is 149 Å². The number of fused-ring (bicyclic) bond motifs is 1. The number of sulfone groups is 1. The van der Waals surface area contributed by atoms with E-state index >= 15 is 0 Å². The minimum absolute atomic E-state index is 0.201. The highest BCUT2D eigenvalue weighted by atomic mass is 32.2. The second kappa shape index (κ2) is 6.16. The Morgan fingerprint density at radius 1 is 1.12 bits per heavy atom. The van der Waals surface area contributed by atoms with Crippen molar-refractivity contribution in [1.82, 2.24) is 5.32 Å². The van der Waals surface area contributed by atoms with E-state index < -0.39 is 48.0 Å². The number of alkyl halides is 3. The third-order valence-electron chi connectivity index (χ3n) is 3.76. The molecule has 0 aliphatic carbocycles. The van der Waals surface area contributed by atoms with Crippen LogP contribution in [-0.4, -0.2) is 31.3 Å². The van der Waals surface area contributed by atoms with Gasteiger partial charge in [0.1, 0.15) is 11.3 Å². The van der Waals surface area contributed by atoms with E-state index in [1.54, 1.807) is 0 Å². The Kier molecular flexibility index (Phi) is 4.39. The van der Waals surface area contributed by atoms with Gasteiger partial charge in [-0.3, -0.25) is 9.59 Å². The normalized spacial score (nSPS) is 18.2. The Hall–Kier alpha value is -2.27. The maximum Gasteiger partial charge on any atom is 0.420 e. The van der Waals surface area contributed by atoms with E-state index in [2.05, 4.69) is 0 Å². The van der Waals surface area contributed by atoms with E-state index in [4.69, 9.17) is 4.74 Å². The van der Waals surface area contributed by atoms with Crippen LogP contribution in [0.15, 0.2) is 35.2 Å². The number of rotatable bonds is 3. The Morgan fingerprint density at radius 2 is 1.81 bits per heavy atom. The van der Waals surface area contributed by atoms with Gasteiger partial charge in [-0.25, -0.2) is 8.42 Å². The molecule has 3 rings (SSSR count). The molecule has 2 aromatic rings. The van der Waals surface area contributed by atoms with Crippen LogP contribution < -0.4 is 10.1 Å². The lowest BCUT2D eigenvalue weighted by atomic mass is 10.0. The fraction of sp³-hybridized carbons (Fsp3) is 0.200. The highest BCUT2D eigenvalue weighted by Crippen LogP contribution is 2.43. The summed E-state index contributed by atoms with van der Waals surface area (Å²) in [5, 5.41) is -2.21. The van der Waals surface area contributed by atoms with Gasteiger partial charge in [0, 0.05) is 17.1 Å². The number of halogens is 3. The number of methoxy groups -OCH3 is 1. The summed E-state index contributed by atoms with van der Waals surface area (Å²) < 4.78 is 70.7. The van der Waals surface area contributed by atoms with Crippen molar-refractivity contribution in [2.45, 2.75) is 16.4 Å². The molecule has 1 N–H and O–H groups in total. The molecule has 0 aromatic heterocycles. The first-order valence-corrected chi connectivity index (χ1v) is 9.36. The fourth-order valence-electron chi connectivity index (χ4n) is 2.69. The van der Waals surface area contributed by atoms with Crippen molar-refractivity contribution in [3.8, 4) is 5.75 Å². The molecule has 0 radical (unpaired) electrons. The third kappa shape index (κ3) is 2.90. The molecule has 0 saturated carbocycles. The van der Waals surface area contributed by atoms with Crippen LogP contribution in [0.2, 0.25) is 0 Å². The van der Waals surface area contributed by atoms with Crippen LogP contribution in [-0.2, 0) is 20.8 Å². The first-order valence-electron chi connectivity index (χ1n) is 7.00. The molecule has 1 aliphatic rings. The summed E-state index contributed by atoms with van der Waals surface area (Å²) in [5.74, 6) is -0.458. The number of hydrogen-bond donors (Lipinski definition) is 1. The van der Waals surface area contributed by atoms with Crippen molar-refractivity contribution < 1.29 is 35.9 Å². The largest absolute Gasteiger partial charge is 0.496 e. The van der Waals surface area contributed by atoms with Crippen molar-refractivity contribution in [1.29, 1.82) is 0 Å². The SMILES string of the molecule is COc1ccc2c(S(=O)(=O)C3NC(=O)SC3=O)cccc2c1C(F)(F)F. The summed E-state index contributed by atoms with van der Waals surface area (Å²) in [6, 6.07) is 5.52. The van der Waals surface area contributed by atoms with Crippen molar-refractivity contribution >= 4 is 42.7 Å². The highest BCUT2D eigenvalue weighted by molar-refractivity contribution is 8.27. The minimum Gasteiger partial charge on any atom is -0.496 e. The first-order chi connectivity index (χ1) is 12.1. The van der Waals surface area contributed by atoms with Crippen LogP contribution in [0, 0.1) is 0 Å². The number of carbonyl (C=O) groups excluding carboxylic acids is 2. The van der Waals surface area contributed by atoms with Gasteiger partial charge in [-0.2, -0.15) is 13.2 Å². The molecule has 138 valence electrons. The summed E-state index contributed by atoms with van der Waals surface area (Å²) in [7, 11) is -3.37. The van der Waals surface area contributed by atoms with Crippen molar-refractivity contribution in [2.75, 3.05) is 7.11 Å². The Morgan fingerprint density at radius 3 is 2.35 bits per heavy atom. The van der Waals surface area contributed by atoms with Gasteiger partial charge in [-0.05, 0) is 23.6 Å². The first kappa shape index (κ1) is 18.5. The summed E-state index contributed by atoms with van der Waals surface area (Å²) in [4.78, 5) is 22.6. The zero-order chi connectivity index (χ0) is 19.3. The molecule has 1 amide bonds. The van der Waals surface area contributed by atoms with Gasteiger partial charge in [-0.15, -0.1) is 0 Å². The molecule has 1 saturated heterocycles. The van der Waals surface area contributed by atoms with Gasteiger partial charge in [0.15, 0.2) is 0 Å². The zero-order valence-corrected chi connectivity index (χ0v) is 14.6. The summed E-state index contributed by atoms with van der Waals surface area (Å²) in [5.41, 5.74) is -1.12. The van der Waals surface area contributed by atoms with Gasteiger partial charge >= 0.3 is 6.18 Å². The van der Waals surface area contributed by atoms with E-state index in [0.29, 0.717) is 0 Å². The molecule has 11 heteroatoms. The molecule has 1 unspecified atom stereocenters. The second-order valence-electron chi connectivity index (χ2n) is 5.27. The quantitative estimate of drug-likeness (QED) is 0.845. The van der Waals surface area contributed by atoms with E-state index in [1.165, 1.54) is 6.07 Å². The average Bonchev–Trinajstić information content (AvgIpc) is 2.91. The number of thioether (sulfide) groups is 1. The van der Waals surface area contributed by atoms with Gasteiger partial charge < -0.3 is 10.1 Å². The predicted molar refractivity (Wildman–Crippen MR) is 87.6 cm³/mol. The van der Waals surface area contributed by atoms with Crippen LogP contribution in [0.3, 0.4) is 0 Å². The average molecular weight is 405 g/mol. The molecule has 2 aromatic carbocycles. The van der Waals surface area contributed by atoms with Gasteiger partial charge in [-0.1, -0.05) is 12.1 Å². The number of amides is 1. The molecule has 0 bridgehead atoms. The molecule has 6 nitrogen and oxygen atoms in total. The van der Waals surface area contributed by atoms with Crippen LogP contribution in [0.25, 0.3) is 10.8 Å². The van der Waals surface area contributed by atoms with E-state index in [9.17, 15) is 31.2 Å². The fourth-order valence-corrected chi connectivity index (χ4v) is 5.34. The second-order valence-corrected chi connectivity index (χ2v) is 8.25. The predicted octanol–water partition coefficient (Wildman–Crippen LogP) is 2.95. The minimum atomic E-state index is -4.79. The number of benzene rings is 2. The van der Waals surface area contributed by atoms with Gasteiger partial charge in [0.05, 0.1) is 12.0 Å². The molecule has 1 atom stereocenters. The van der Waals surface area contributed by atoms with Gasteiger partial charge in [0.25, 0.3) is 5.24 Å². The van der Waals surface area contributed by atoms with Crippen molar-refractivity contribution in [3.63, 3.8) is 0 Å². The molecule has 1 heterocycles. The maximum absolute atomic E-state index is 13.5. The van der Waals surface area contributed by atoms with Crippen LogP contribution in [0.4, 0.5) is 18.0 Å². The van der Waals surface area contributed by atoms with Crippen molar-refractivity contribution in [3.05, 3.63) is 35.9 Å². The molecule has 1 aliphatic heterocycles. The lowest BCUT2D eigenvalue weighted by Crippen LogP contribution is -2.37. The van der Waals surface area contributed by atoms with E-state index in [0.717, 1.165) is 31.4 Å². The Bertz CT molecular complexity index is 1030. The smallest absolute Gasteiger partial charge is 0.420 e. The monoisotopic (exact) mass is 405 g/mol. The summed E-state index contributed by atoms with van der Waals surface area (Å²) >= 11 is 0.201. The van der Waals surface area contributed by atoms with Crippen LogP contribution in [0.1, 0.15) is 5.56 Å². The lowest BCUT2D eigenvalue weighted by Gasteiger charge is -2.17. The summed E-state index contributed by atoms with van der Waals surface area (Å²) in [6.07, 6.45) is -4.79. The van der Waals surface area contributed by atoms with Crippen LogP contribution >= 0.6 is 11.8 Å². The third-order valence-corrected chi connectivity index (χ3v) is 6.57. The van der Waals surface area contributed by atoms with E-state index in [1.807, 2.05) is 5.32 Å². The number of carbonyl (C=O) groups is 2. The molecular formula is C15H10F3NO5S2. The van der Waals surface area contributed by atoms with Crippen molar-refractivity contribution in [2.24, 2.45) is 0 Å². The topological polar surface area (TPSA) is 89.5 Å². The van der Waals surface area contributed by atoms with Gasteiger partial charge in [0.2, 0.25) is 20.3 Å². The number of ether oxygens (including phenoxy) is 1. The highest BCUT2D eigenvalue weighted by Gasteiger charge is 2.43. The van der Waals surface area contributed by atoms with E-state index in [-0.39, 0.29) is 22.5 Å². The molecule has 26 heavy (non-hydrogen) atoms. The molecule has 1 fully saturated rings. The maximum atomic E-state index is 13.5. The standard InChI is InChI=1S/C15H10F3NO5S2/c1-24-9-6-5-7-8(11(9)15(16,17)18)3-2-4-10(7)26(22,23)12-13(20)25-14(21)19-12/h2-6,12H,1H3,(H,19,21). The summed E-state index contributed by atoms with van der Waals surface area (Å²) in [6.45, 7) is 0.